The number of Topliss-reactive ketones (excluding diaryl/α,β-unsaturated/α-hetero) is 1. The van der Waals surface area contributed by atoms with Crippen molar-refractivity contribution in [3.63, 3.8) is 0 Å². The lowest BCUT2D eigenvalue weighted by Crippen LogP contribution is -3.19. The predicted molar refractivity (Wildman–Crippen MR) is 104 cm³/mol. The molecule has 0 bridgehead atoms. The average Bonchev–Trinajstić information content (AvgIpc) is 2.68. The van der Waals surface area contributed by atoms with E-state index in [0.717, 1.165) is 26.2 Å². The molecular weight excluding hydrogens is 326 g/mol. The number of rotatable bonds is 5. The fourth-order valence-corrected chi connectivity index (χ4v) is 3.38. The zero-order chi connectivity index (χ0) is 18.5. The summed E-state index contributed by atoms with van der Waals surface area (Å²) >= 11 is 0. The highest BCUT2D eigenvalue weighted by Gasteiger charge is 2.29. The third kappa shape index (κ3) is 4.29. The van der Waals surface area contributed by atoms with E-state index < -0.39 is 0 Å². The third-order valence-electron chi connectivity index (χ3n) is 5.07. The van der Waals surface area contributed by atoms with Crippen LogP contribution in [-0.2, 0) is 4.79 Å². The molecule has 0 aromatic heterocycles. The summed E-state index contributed by atoms with van der Waals surface area (Å²) in [5, 5.41) is 2.95. The molecular formula is C21H26N3O2+. The minimum atomic E-state index is -0.131. The fraction of sp³-hybridized carbons (Fsp3) is 0.333. The van der Waals surface area contributed by atoms with E-state index in [2.05, 4.69) is 34.5 Å². The molecule has 2 N–H and O–H groups in total. The Morgan fingerprint density at radius 2 is 1.73 bits per heavy atom. The number of ketones is 1. The van der Waals surface area contributed by atoms with Crippen molar-refractivity contribution in [2.75, 3.05) is 36.4 Å². The van der Waals surface area contributed by atoms with Gasteiger partial charge in [-0.3, -0.25) is 9.59 Å². The van der Waals surface area contributed by atoms with Crippen molar-refractivity contribution >= 4 is 23.1 Å². The largest absolute Gasteiger partial charge is 0.360 e. The zero-order valence-electron chi connectivity index (χ0n) is 15.4. The van der Waals surface area contributed by atoms with Crippen molar-refractivity contribution < 1.29 is 14.5 Å². The van der Waals surface area contributed by atoms with Crippen LogP contribution in [0.25, 0.3) is 0 Å². The number of para-hydroxylation sites is 1. The number of hydrogen-bond acceptors (Lipinski definition) is 3. The number of amides is 1. The molecule has 1 amide bonds. The van der Waals surface area contributed by atoms with Gasteiger partial charge >= 0.3 is 0 Å². The molecule has 26 heavy (non-hydrogen) atoms. The van der Waals surface area contributed by atoms with Gasteiger partial charge in [0.05, 0.1) is 26.2 Å². The number of nitrogens with zero attached hydrogens (tertiary/aromatic N) is 1. The summed E-state index contributed by atoms with van der Waals surface area (Å²) in [4.78, 5) is 27.8. The van der Waals surface area contributed by atoms with E-state index in [1.807, 2.05) is 19.1 Å². The molecule has 5 heteroatoms. The predicted octanol–water partition coefficient (Wildman–Crippen LogP) is 1.62. The van der Waals surface area contributed by atoms with Crippen LogP contribution < -0.4 is 15.1 Å². The maximum absolute atomic E-state index is 12.6. The average molecular weight is 352 g/mol. The zero-order valence-corrected chi connectivity index (χ0v) is 15.4. The van der Waals surface area contributed by atoms with E-state index in [1.54, 1.807) is 18.2 Å². The summed E-state index contributed by atoms with van der Waals surface area (Å²) < 4.78 is 0. The van der Waals surface area contributed by atoms with Gasteiger partial charge in [0.1, 0.15) is 0 Å². The molecule has 0 aliphatic carbocycles. The van der Waals surface area contributed by atoms with Gasteiger partial charge in [-0.15, -0.1) is 0 Å². The van der Waals surface area contributed by atoms with Gasteiger partial charge in [0, 0.05) is 16.9 Å². The molecule has 2 aromatic carbocycles. The Kier molecular flexibility index (Phi) is 5.68. The minimum absolute atomic E-state index is 0.00296. The minimum Gasteiger partial charge on any atom is -0.360 e. The fourth-order valence-electron chi connectivity index (χ4n) is 3.38. The Morgan fingerprint density at radius 3 is 2.38 bits per heavy atom. The normalized spacial score (nSPS) is 16.2. The summed E-state index contributed by atoms with van der Waals surface area (Å²) in [7, 11) is 0. The quantitative estimate of drug-likeness (QED) is 0.804. The summed E-state index contributed by atoms with van der Waals surface area (Å²) in [5.74, 6) is -0.00864. The van der Waals surface area contributed by atoms with Gasteiger partial charge in [-0.05, 0) is 38.1 Å². The topological polar surface area (TPSA) is 53.9 Å². The Balaban J connectivity index is 1.56. The van der Waals surface area contributed by atoms with Crippen molar-refractivity contribution in [3.8, 4) is 0 Å². The van der Waals surface area contributed by atoms with Gasteiger partial charge in [0.15, 0.2) is 11.8 Å². The summed E-state index contributed by atoms with van der Waals surface area (Å²) in [6.07, 6.45) is 0. The van der Waals surface area contributed by atoms with Crippen molar-refractivity contribution in [2.24, 2.45) is 0 Å². The maximum atomic E-state index is 12.6. The second-order valence-corrected chi connectivity index (χ2v) is 6.83. The highest BCUT2D eigenvalue weighted by atomic mass is 16.2. The summed E-state index contributed by atoms with van der Waals surface area (Å²) in [5.41, 5.74) is 2.53. The molecule has 136 valence electrons. The number of carbonyl (C=O) groups is 2. The van der Waals surface area contributed by atoms with Crippen LogP contribution >= 0.6 is 0 Å². The second-order valence-electron chi connectivity index (χ2n) is 6.83. The van der Waals surface area contributed by atoms with E-state index in [1.165, 1.54) is 17.5 Å². The number of nitrogens with one attached hydrogen (secondary N) is 2. The molecule has 5 nitrogen and oxygen atoms in total. The lowest BCUT2D eigenvalue weighted by molar-refractivity contribution is -0.914. The van der Waals surface area contributed by atoms with Crippen LogP contribution in [0.5, 0.6) is 0 Å². The highest BCUT2D eigenvalue weighted by Crippen LogP contribution is 2.13. The van der Waals surface area contributed by atoms with E-state index in [-0.39, 0.29) is 17.7 Å². The highest BCUT2D eigenvalue weighted by molar-refractivity contribution is 5.97. The molecule has 0 radical (unpaired) electrons. The Hall–Kier alpha value is -2.66. The van der Waals surface area contributed by atoms with E-state index in [9.17, 15) is 9.59 Å². The molecule has 0 saturated carbocycles. The molecule has 3 rings (SSSR count). The van der Waals surface area contributed by atoms with Crippen LogP contribution in [0.2, 0.25) is 0 Å². The van der Waals surface area contributed by atoms with Gasteiger partial charge in [-0.2, -0.15) is 0 Å². The molecule has 1 heterocycles. The first-order valence-electron chi connectivity index (χ1n) is 9.11. The van der Waals surface area contributed by atoms with Crippen LogP contribution in [-0.4, -0.2) is 43.9 Å². The van der Waals surface area contributed by atoms with Crippen LogP contribution in [0.15, 0.2) is 54.6 Å². The smallest absolute Gasteiger partial charge is 0.282 e. The number of carbonyl (C=O) groups excluding carboxylic acids is 2. The van der Waals surface area contributed by atoms with Gasteiger partial charge in [-0.25, -0.2) is 0 Å². The number of hydrogen-bond donors (Lipinski definition) is 2. The molecule has 0 unspecified atom stereocenters. The molecule has 1 aliphatic heterocycles. The van der Waals surface area contributed by atoms with Crippen LogP contribution in [0.4, 0.5) is 11.4 Å². The van der Waals surface area contributed by atoms with E-state index >= 15 is 0 Å². The third-order valence-corrected chi connectivity index (χ3v) is 5.07. The Labute approximate surface area is 154 Å². The number of piperazine rings is 1. The van der Waals surface area contributed by atoms with Gasteiger partial charge in [0.25, 0.3) is 5.91 Å². The SMILES string of the molecule is CC(=O)c1cccc(NC(=O)[C@H](C)[NH+]2CCN(c3ccccc3)CC2)c1. The van der Waals surface area contributed by atoms with Crippen molar-refractivity contribution in [2.45, 2.75) is 19.9 Å². The first kappa shape index (κ1) is 18.1. The first-order chi connectivity index (χ1) is 12.5. The number of quaternary nitrogens is 1. The monoisotopic (exact) mass is 352 g/mol. The number of anilines is 2. The summed E-state index contributed by atoms with van der Waals surface area (Å²) in [6.45, 7) is 7.24. The van der Waals surface area contributed by atoms with E-state index in [4.69, 9.17) is 0 Å². The maximum Gasteiger partial charge on any atom is 0.282 e. The van der Waals surface area contributed by atoms with Gasteiger partial charge in [-0.1, -0.05) is 30.3 Å². The van der Waals surface area contributed by atoms with Gasteiger partial charge in [0.2, 0.25) is 0 Å². The lowest BCUT2D eigenvalue weighted by Gasteiger charge is -2.36. The molecule has 1 fully saturated rings. The first-order valence-corrected chi connectivity index (χ1v) is 9.11. The van der Waals surface area contributed by atoms with Crippen LogP contribution in [0.3, 0.4) is 0 Å². The molecule has 0 spiro atoms. The van der Waals surface area contributed by atoms with Crippen molar-refractivity contribution in [1.29, 1.82) is 0 Å². The molecule has 1 atom stereocenters. The Morgan fingerprint density at radius 1 is 1.04 bits per heavy atom. The molecule has 1 saturated heterocycles. The van der Waals surface area contributed by atoms with Crippen LogP contribution in [0.1, 0.15) is 24.2 Å². The standard InChI is InChI=1S/C21H25N3O2/c1-16(21(26)22-19-8-6-7-18(15-19)17(2)25)23-11-13-24(14-12-23)20-9-4-3-5-10-20/h3-10,15-16H,11-14H2,1-2H3,(H,22,26)/p+1/t16-/m0/s1. The summed E-state index contributed by atoms with van der Waals surface area (Å²) in [6, 6.07) is 17.4. The van der Waals surface area contributed by atoms with Crippen LogP contribution in [0, 0.1) is 0 Å². The van der Waals surface area contributed by atoms with Crippen molar-refractivity contribution in [1.82, 2.24) is 0 Å². The lowest BCUT2D eigenvalue weighted by atomic mass is 10.1. The number of benzene rings is 2. The van der Waals surface area contributed by atoms with Crippen molar-refractivity contribution in [3.05, 3.63) is 60.2 Å². The molecule has 2 aromatic rings. The second kappa shape index (κ2) is 8.15. The Bertz CT molecular complexity index is 768. The van der Waals surface area contributed by atoms with E-state index in [0.29, 0.717) is 11.3 Å². The molecule has 1 aliphatic rings. The van der Waals surface area contributed by atoms with Gasteiger partial charge < -0.3 is 15.1 Å².